The van der Waals surface area contributed by atoms with Crippen LogP contribution in [0.1, 0.15) is 66.0 Å². The van der Waals surface area contributed by atoms with E-state index in [0.29, 0.717) is 18.5 Å². The maximum absolute atomic E-state index is 14.7. The van der Waals surface area contributed by atoms with Gasteiger partial charge in [0.2, 0.25) is 5.60 Å². The largest absolute Gasteiger partial charge is 0.459 e. The van der Waals surface area contributed by atoms with Crippen LogP contribution in [0.4, 0.5) is 0 Å². The van der Waals surface area contributed by atoms with Gasteiger partial charge < -0.3 is 23.2 Å². The molecule has 4 atom stereocenters. The monoisotopic (exact) mass is 672 g/mol. The number of fused-ring (bicyclic) bond motifs is 5. The first-order valence-corrected chi connectivity index (χ1v) is 21.4. The SMILES string of the molecule is CC(C)(C)[Si](C)(C)OC(C(=O)OC1CC2C3OC3C(C1)[N+]2(C)CCCc1ccc(CCC=O)s1)(c1cccs1)c1cccs1. The number of hydrogen-bond donors (Lipinski definition) is 0. The third kappa shape index (κ3) is 5.85. The lowest BCUT2D eigenvalue weighted by molar-refractivity contribution is -0.956. The quantitative estimate of drug-likeness (QED) is 0.0616. The van der Waals surface area contributed by atoms with Crippen LogP contribution in [0.3, 0.4) is 0 Å². The second-order valence-electron chi connectivity index (χ2n) is 14.4. The molecule has 3 aromatic rings. The first-order chi connectivity index (χ1) is 20.9. The van der Waals surface area contributed by atoms with Gasteiger partial charge in [0.15, 0.2) is 8.32 Å². The highest BCUT2D eigenvalue weighted by molar-refractivity contribution is 7.12. The molecule has 3 saturated heterocycles. The van der Waals surface area contributed by atoms with Crippen LogP contribution in [0, 0.1) is 0 Å². The number of morpholine rings is 1. The second-order valence-corrected chi connectivity index (χ2v) is 22.3. The zero-order valence-corrected chi connectivity index (χ0v) is 30.2. The third-order valence-corrected chi connectivity index (χ3v) is 18.2. The van der Waals surface area contributed by atoms with Crippen molar-refractivity contribution >= 4 is 54.6 Å². The van der Waals surface area contributed by atoms with Gasteiger partial charge in [0.1, 0.15) is 36.7 Å². The van der Waals surface area contributed by atoms with Crippen LogP contribution in [0.5, 0.6) is 0 Å². The van der Waals surface area contributed by atoms with E-state index < -0.39 is 13.9 Å². The Kier molecular flexibility index (Phi) is 8.93. The molecular weight excluding hydrogens is 627 g/mol. The highest BCUT2D eigenvalue weighted by atomic mass is 32.1. The van der Waals surface area contributed by atoms with Gasteiger partial charge in [-0.3, -0.25) is 0 Å². The van der Waals surface area contributed by atoms with Crippen molar-refractivity contribution in [3.63, 3.8) is 0 Å². The molecule has 10 heteroatoms. The number of piperidine rings is 1. The highest BCUT2D eigenvalue weighted by Gasteiger charge is 2.72. The van der Waals surface area contributed by atoms with Crippen molar-refractivity contribution < 1.29 is 28.0 Å². The number of likely N-dealkylation sites (N-methyl/N-ethyl adjacent to an activating group) is 1. The molecule has 0 amide bonds. The van der Waals surface area contributed by atoms with Crippen LogP contribution in [-0.2, 0) is 41.9 Å². The van der Waals surface area contributed by atoms with Crippen molar-refractivity contribution in [2.75, 3.05) is 13.6 Å². The van der Waals surface area contributed by atoms with Gasteiger partial charge in [0.25, 0.3) is 0 Å². The van der Waals surface area contributed by atoms with E-state index in [1.54, 1.807) is 22.7 Å². The number of epoxide rings is 1. The molecule has 0 spiro atoms. The molecule has 4 unspecified atom stereocenters. The summed E-state index contributed by atoms with van der Waals surface area (Å²) in [6, 6.07) is 13.1. The fraction of sp³-hybridized carbons (Fsp3) is 0.588. The number of nitrogens with zero attached hydrogens (tertiary/aromatic N) is 1. The predicted octanol–water partition coefficient (Wildman–Crippen LogP) is 7.57. The molecule has 0 N–H and O–H groups in total. The number of aldehydes is 1. The third-order valence-electron chi connectivity index (χ3n) is 10.6. The lowest BCUT2D eigenvalue weighted by Crippen LogP contribution is -2.63. The minimum Gasteiger partial charge on any atom is -0.459 e. The van der Waals surface area contributed by atoms with Gasteiger partial charge in [-0.1, -0.05) is 32.9 Å². The zero-order valence-electron chi connectivity index (χ0n) is 26.7. The molecule has 238 valence electrons. The second kappa shape index (κ2) is 12.2. The van der Waals surface area contributed by atoms with E-state index in [1.165, 1.54) is 9.75 Å². The van der Waals surface area contributed by atoms with Crippen LogP contribution >= 0.6 is 34.0 Å². The van der Waals surface area contributed by atoms with E-state index >= 15 is 0 Å². The lowest BCUT2D eigenvalue weighted by Gasteiger charge is -2.49. The van der Waals surface area contributed by atoms with E-state index in [0.717, 1.165) is 59.2 Å². The van der Waals surface area contributed by atoms with Crippen molar-refractivity contribution in [1.82, 2.24) is 0 Å². The van der Waals surface area contributed by atoms with Gasteiger partial charge in [-0.2, -0.15) is 0 Å². The number of ether oxygens (including phenoxy) is 2. The number of carbonyl (C=O) groups excluding carboxylic acids is 2. The molecule has 0 radical (unpaired) electrons. The molecular formula is C34H46NO5S3Si+. The smallest absolute Gasteiger partial charge is 0.348 e. The van der Waals surface area contributed by atoms with Crippen molar-refractivity contribution in [2.45, 2.75) is 113 Å². The summed E-state index contributed by atoms with van der Waals surface area (Å²) in [7, 11) is 0.00142. The fourth-order valence-corrected chi connectivity index (χ4v) is 11.6. The number of aryl methyl sites for hydroxylation is 2. The minimum atomic E-state index is -2.40. The summed E-state index contributed by atoms with van der Waals surface area (Å²) in [6.07, 6.45) is 6.64. The molecule has 3 aromatic heterocycles. The highest BCUT2D eigenvalue weighted by Crippen LogP contribution is 2.54. The molecule has 44 heavy (non-hydrogen) atoms. The number of thiophene rings is 3. The molecule has 0 saturated carbocycles. The van der Waals surface area contributed by atoms with Crippen LogP contribution in [0.2, 0.25) is 18.1 Å². The van der Waals surface area contributed by atoms with E-state index in [1.807, 2.05) is 46.4 Å². The molecule has 0 aromatic carbocycles. The van der Waals surface area contributed by atoms with Gasteiger partial charge in [0.05, 0.1) is 23.3 Å². The summed E-state index contributed by atoms with van der Waals surface area (Å²) in [4.78, 5) is 29.9. The maximum atomic E-state index is 14.7. The Hall–Kier alpha value is -1.66. The Labute approximate surface area is 275 Å². The topological polar surface area (TPSA) is 65.1 Å². The van der Waals surface area contributed by atoms with Crippen molar-refractivity contribution in [1.29, 1.82) is 0 Å². The predicted molar refractivity (Wildman–Crippen MR) is 181 cm³/mol. The van der Waals surface area contributed by atoms with Crippen LogP contribution in [-0.4, -0.2) is 69.0 Å². The molecule has 2 bridgehead atoms. The molecule has 3 aliphatic rings. The summed E-state index contributed by atoms with van der Waals surface area (Å²) in [5.74, 6) is -0.273. The lowest BCUT2D eigenvalue weighted by atomic mass is 9.94. The van der Waals surface area contributed by atoms with Gasteiger partial charge in [0, 0.05) is 35.4 Å². The number of esters is 1. The Balaban J connectivity index is 1.19. The average Bonchev–Trinajstić information content (AvgIpc) is 3.42. The van der Waals surface area contributed by atoms with Crippen LogP contribution in [0.15, 0.2) is 47.2 Å². The normalized spacial score (nSPS) is 28.1. The standard InChI is InChI=1S/C34H46NO5S3Si/c1-33(2,3)44(5,6)40-34(28-13-9-19-41-28,29-14-10-20-42-29)32(37)38-23-21-26-30-31(39-30)27(22-23)35(26,4)17-7-11-24-15-16-25(43-24)12-8-18-36/h9-10,13-16,18-20,23,26-27,30-31H,7-8,11-12,17,21-22H2,1-6H3/q+1. The molecule has 6 rings (SSSR count). The zero-order chi connectivity index (χ0) is 31.3. The van der Waals surface area contributed by atoms with Crippen LogP contribution < -0.4 is 0 Å². The Bertz CT molecular complexity index is 1390. The Morgan fingerprint density at radius 3 is 2.11 bits per heavy atom. The Morgan fingerprint density at radius 1 is 1.00 bits per heavy atom. The van der Waals surface area contributed by atoms with Crippen molar-refractivity contribution in [3.8, 4) is 0 Å². The molecule has 3 aliphatic heterocycles. The summed E-state index contributed by atoms with van der Waals surface area (Å²) in [5, 5.41) is 3.97. The fourth-order valence-electron chi connectivity index (χ4n) is 7.16. The van der Waals surface area contributed by atoms with E-state index in [4.69, 9.17) is 13.9 Å². The molecule has 6 nitrogen and oxygen atoms in total. The first-order valence-electron chi connectivity index (χ1n) is 15.9. The van der Waals surface area contributed by atoms with Crippen LogP contribution in [0.25, 0.3) is 0 Å². The molecule has 0 aliphatic carbocycles. The summed E-state index contributed by atoms with van der Waals surface area (Å²) >= 11 is 4.98. The summed E-state index contributed by atoms with van der Waals surface area (Å²) in [6.45, 7) is 12.2. The molecule has 3 fully saturated rings. The molecule has 6 heterocycles. The minimum absolute atomic E-state index is 0.0743. The number of hydrogen-bond acceptors (Lipinski definition) is 8. The first kappa shape index (κ1) is 32.3. The van der Waals surface area contributed by atoms with Gasteiger partial charge >= 0.3 is 5.97 Å². The van der Waals surface area contributed by atoms with Gasteiger partial charge in [-0.15, -0.1) is 34.0 Å². The van der Waals surface area contributed by atoms with Crippen molar-refractivity contribution in [3.05, 3.63) is 66.7 Å². The van der Waals surface area contributed by atoms with E-state index in [9.17, 15) is 9.59 Å². The number of rotatable bonds is 13. The maximum Gasteiger partial charge on any atom is 0.348 e. The van der Waals surface area contributed by atoms with Gasteiger partial charge in [-0.05, 0) is 66.0 Å². The van der Waals surface area contributed by atoms with E-state index in [2.05, 4.69) is 53.0 Å². The van der Waals surface area contributed by atoms with Crippen molar-refractivity contribution in [2.24, 2.45) is 0 Å². The van der Waals surface area contributed by atoms with Gasteiger partial charge in [-0.25, -0.2) is 4.79 Å². The Morgan fingerprint density at radius 2 is 1.59 bits per heavy atom. The number of quaternary nitrogens is 1. The summed E-state index contributed by atoms with van der Waals surface area (Å²) in [5.41, 5.74) is -1.26. The summed E-state index contributed by atoms with van der Waals surface area (Å²) < 4.78 is 21.0. The van der Waals surface area contributed by atoms with E-state index in [-0.39, 0.29) is 29.3 Å². The number of carbonyl (C=O) groups is 2. The average molecular weight is 673 g/mol.